The number of aromatic nitrogens is 5. The molecule has 2 aliphatic rings. The number of likely N-dealkylation sites (tertiary alicyclic amines) is 1. The van der Waals surface area contributed by atoms with Gasteiger partial charge in [-0.15, -0.1) is 5.10 Å². The summed E-state index contributed by atoms with van der Waals surface area (Å²) in [5.74, 6) is 1.59. The zero-order valence-corrected chi connectivity index (χ0v) is 13.1. The first-order valence-electron chi connectivity index (χ1n) is 8.05. The summed E-state index contributed by atoms with van der Waals surface area (Å²) in [7, 11) is 0. The summed E-state index contributed by atoms with van der Waals surface area (Å²) in [6.45, 7) is 2.58. The predicted molar refractivity (Wildman–Crippen MR) is 84.3 cm³/mol. The van der Waals surface area contributed by atoms with Gasteiger partial charge in [0.15, 0.2) is 5.82 Å². The molecule has 1 saturated carbocycles. The zero-order chi connectivity index (χ0) is 16.5. The van der Waals surface area contributed by atoms with E-state index in [1.54, 1.807) is 6.07 Å². The number of anilines is 1. The van der Waals surface area contributed by atoms with Gasteiger partial charge in [0.2, 0.25) is 0 Å². The first-order chi connectivity index (χ1) is 11.7. The fourth-order valence-corrected chi connectivity index (χ4v) is 3.00. The van der Waals surface area contributed by atoms with Crippen molar-refractivity contribution < 1.29 is 4.92 Å². The molecule has 2 aromatic heterocycles. The summed E-state index contributed by atoms with van der Waals surface area (Å²) in [4.78, 5) is 16.6. The maximum atomic E-state index is 10.7. The minimum absolute atomic E-state index is 0.000473. The van der Waals surface area contributed by atoms with E-state index in [4.69, 9.17) is 0 Å². The molecule has 126 valence electrons. The van der Waals surface area contributed by atoms with Gasteiger partial charge in [0.05, 0.1) is 17.5 Å². The highest BCUT2D eigenvalue weighted by molar-refractivity contribution is 5.41. The van der Waals surface area contributed by atoms with E-state index in [9.17, 15) is 10.1 Å². The van der Waals surface area contributed by atoms with Gasteiger partial charge in [0, 0.05) is 25.2 Å². The van der Waals surface area contributed by atoms with E-state index in [0.29, 0.717) is 11.9 Å². The Morgan fingerprint density at radius 2 is 2.21 bits per heavy atom. The molecule has 1 aliphatic heterocycles. The number of pyridine rings is 1. The average Bonchev–Trinajstić information content (AvgIpc) is 3.16. The van der Waals surface area contributed by atoms with Gasteiger partial charge in [0.25, 0.3) is 5.69 Å². The molecular formula is C14H18N8O2. The van der Waals surface area contributed by atoms with Crippen molar-refractivity contribution in [1.82, 2.24) is 30.1 Å². The first-order valence-corrected chi connectivity index (χ1v) is 8.05. The first kappa shape index (κ1) is 14.9. The summed E-state index contributed by atoms with van der Waals surface area (Å²) < 4.78 is 1.94. The Morgan fingerprint density at radius 3 is 2.92 bits per heavy atom. The Labute approximate surface area is 138 Å². The molecule has 0 aromatic carbocycles. The summed E-state index contributed by atoms with van der Waals surface area (Å²) in [6, 6.07) is 3.86. The Kier molecular flexibility index (Phi) is 3.81. The minimum atomic E-state index is -0.446. The number of hydrogen-bond donors (Lipinski definition) is 1. The molecule has 2 fully saturated rings. The standard InChI is InChI=1S/C14H18N8O2/c23-22(24)12-3-4-13(15-7-12)16-10-5-6-20(8-10)9-14-17-18-19-21(14)11-1-2-11/h3-4,7,10-11H,1-2,5-6,8-9H2,(H,15,16)/t10-/m1/s1. The van der Waals surface area contributed by atoms with Gasteiger partial charge < -0.3 is 5.32 Å². The highest BCUT2D eigenvalue weighted by Gasteiger charge is 2.30. The molecule has 0 spiro atoms. The second-order valence-electron chi connectivity index (χ2n) is 6.29. The highest BCUT2D eigenvalue weighted by Crippen LogP contribution is 2.34. The van der Waals surface area contributed by atoms with Gasteiger partial charge in [-0.1, -0.05) is 0 Å². The topological polar surface area (TPSA) is 115 Å². The smallest absolute Gasteiger partial charge is 0.287 e. The molecule has 0 unspecified atom stereocenters. The van der Waals surface area contributed by atoms with Crippen molar-refractivity contribution in [3.63, 3.8) is 0 Å². The third-order valence-corrected chi connectivity index (χ3v) is 4.40. The molecule has 0 bridgehead atoms. The van der Waals surface area contributed by atoms with Crippen LogP contribution in [0.15, 0.2) is 18.3 Å². The maximum Gasteiger partial charge on any atom is 0.287 e. The van der Waals surface area contributed by atoms with Crippen LogP contribution in [0.25, 0.3) is 0 Å². The van der Waals surface area contributed by atoms with Crippen molar-refractivity contribution in [2.45, 2.75) is 37.9 Å². The third-order valence-electron chi connectivity index (χ3n) is 4.40. The van der Waals surface area contributed by atoms with Crippen LogP contribution >= 0.6 is 0 Å². The normalized spacial score (nSPS) is 21.1. The van der Waals surface area contributed by atoms with Gasteiger partial charge in [-0.3, -0.25) is 15.0 Å². The van der Waals surface area contributed by atoms with Crippen molar-refractivity contribution in [3.8, 4) is 0 Å². The molecule has 1 saturated heterocycles. The van der Waals surface area contributed by atoms with Gasteiger partial charge >= 0.3 is 0 Å². The molecule has 1 N–H and O–H groups in total. The SMILES string of the molecule is O=[N+]([O-])c1ccc(N[C@@H]2CCN(Cc3nnnn3C3CC3)C2)nc1. The largest absolute Gasteiger partial charge is 0.366 e. The van der Waals surface area contributed by atoms with E-state index in [2.05, 4.69) is 30.7 Å². The number of nitrogens with one attached hydrogen (secondary N) is 1. The molecule has 24 heavy (non-hydrogen) atoms. The lowest BCUT2D eigenvalue weighted by Crippen LogP contribution is -2.27. The summed E-state index contributed by atoms with van der Waals surface area (Å²) in [6.07, 6.45) is 4.59. The average molecular weight is 330 g/mol. The highest BCUT2D eigenvalue weighted by atomic mass is 16.6. The summed E-state index contributed by atoms with van der Waals surface area (Å²) in [5.41, 5.74) is 0.000473. The quantitative estimate of drug-likeness (QED) is 0.616. The van der Waals surface area contributed by atoms with E-state index in [0.717, 1.165) is 44.7 Å². The molecule has 10 nitrogen and oxygen atoms in total. The van der Waals surface area contributed by atoms with Gasteiger partial charge in [-0.2, -0.15) is 0 Å². The van der Waals surface area contributed by atoms with Crippen molar-refractivity contribution >= 4 is 11.5 Å². The Hall–Kier alpha value is -2.62. The molecule has 4 rings (SSSR count). The monoisotopic (exact) mass is 330 g/mol. The molecule has 0 amide bonds. The second-order valence-corrected chi connectivity index (χ2v) is 6.29. The fraction of sp³-hybridized carbons (Fsp3) is 0.571. The van der Waals surface area contributed by atoms with Crippen LogP contribution in [-0.2, 0) is 6.54 Å². The molecular weight excluding hydrogens is 312 g/mol. The van der Waals surface area contributed by atoms with E-state index in [1.807, 2.05) is 4.68 Å². The Morgan fingerprint density at radius 1 is 1.33 bits per heavy atom. The van der Waals surface area contributed by atoms with E-state index < -0.39 is 4.92 Å². The molecule has 3 heterocycles. The number of nitrogens with zero attached hydrogens (tertiary/aromatic N) is 7. The lowest BCUT2D eigenvalue weighted by atomic mass is 10.2. The van der Waals surface area contributed by atoms with Crippen LogP contribution in [0.4, 0.5) is 11.5 Å². The van der Waals surface area contributed by atoms with E-state index in [-0.39, 0.29) is 11.7 Å². The third kappa shape index (κ3) is 3.18. The van der Waals surface area contributed by atoms with Crippen LogP contribution < -0.4 is 5.32 Å². The number of hydrogen-bond acceptors (Lipinski definition) is 8. The van der Waals surface area contributed by atoms with Gasteiger partial charge in [-0.05, 0) is 35.8 Å². The molecule has 1 atom stereocenters. The summed E-state index contributed by atoms with van der Waals surface area (Å²) in [5, 5.41) is 26.0. The van der Waals surface area contributed by atoms with Crippen LogP contribution in [0.3, 0.4) is 0 Å². The zero-order valence-electron chi connectivity index (χ0n) is 13.1. The molecule has 0 radical (unpaired) electrons. The van der Waals surface area contributed by atoms with Crippen LogP contribution in [-0.4, -0.2) is 54.1 Å². The van der Waals surface area contributed by atoms with Crippen LogP contribution in [0.2, 0.25) is 0 Å². The lowest BCUT2D eigenvalue weighted by Gasteiger charge is -2.16. The van der Waals surface area contributed by atoms with Crippen molar-refractivity contribution in [2.24, 2.45) is 0 Å². The van der Waals surface area contributed by atoms with Crippen molar-refractivity contribution in [2.75, 3.05) is 18.4 Å². The Balaban J connectivity index is 1.33. The van der Waals surface area contributed by atoms with Crippen LogP contribution in [0, 0.1) is 10.1 Å². The maximum absolute atomic E-state index is 10.7. The van der Waals surface area contributed by atoms with E-state index in [1.165, 1.54) is 12.3 Å². The Bertz CT molecular complexity index is 727. The number of rotatable bonds is 6. The van der Waals surface area contributed by atoms with Gasteiger partial charge in [-0.25, -0.2) is 9.67 Å². The predicted octanol–water partition coefficient (Wildman–Crippen LogP) is 0.998. The molecule has 10 heteroatoms. The van der Waals surface area contributed by atoms with Crippen molar-refractivity contribution in [1.29, 1.82) is 0 Å². The number of nitro groups is 1. The van der Waals surface area contributed by atoms with Gasteiger partial charge in [0.1, 0.15) is 12.0 Å². The summed E-state index contributed by atoms with van der Waals surface area (Å²) >= 11 is 0. The lowest BCUT2D eigenvalue weighted by molar-refractivity contribution is -0.385. The number of tetrazole rings is 1. The van der Waals surface area contributed by atoms with Crippen molar-refractivity contribution in [3.05, 3.63) is 34.3 Å². The van der Waals surface area contributed by atoms with Crippen LogP contribution in [0.1, 0.15) is 31.1 Å². The fourth-order valence-electron chi connectivity index (χ4n) is 3.00. The second kappa shape index (κ2) is 6.11. The van der Waals surface area contributed by atoms with Crippen LogP contribution in [0.5, 0.6) is 0 Å². The molecule has 1 aliphatic carbocycles. The minimum Gasteiger partial charge on any atom is -0.366 e. The van der Waals surface area contributed by atoms with E-state index >= 15 is 0 Å². The molecule has 2 aromatic rings.